The Bertz CT molecular complexity index is 1570. The fourth-order valence-electron chi connectivity index (χ4n) is 4.45. The molecule has 0 saturated heterocycles. The molecule has 0 aliphatic rings. The lowest BCUT2D eigenvalue weighted by atomic mass is 9.93. The molecule has 0 aliphatic heterocycles. The van der Waals surface area contributed by atoms with Crippen LogP contribution in [0.4, 0.5) is 22.8 Å². The highest BCUT2D eigenvalue weighted by molar-refractivity contribution is 5.96. The number of alkyl halides is 3. The summed E-state index contributed by atoms with van der Waals surface area (Å²) in [5, 5.41) is 6.83. The van der Waals surface area contributed by atoms with Crippen LogP contribution in [-0.4, -0.2) is 54.4 Å². The number of nitrogens with zero attached hydrogens (tertiary/aromatic N) is 4. The number of amides is 2. The van der Waals surface area contributed by atoms with Crippen molar-refractivity contribution in [2.75, 3.05) is 0 Å². The highest BCUT2D eigenvalue weighted by atomic mass is 19.4. The van der Waals surface area contributed by atoms with Crippen LogP contribution >= 0.6 is 0 Å². The minimum absolute atomic E-state index is 0.222. The first kappa shape index (κ1) is 31.4. The van der Waals surface area contributed by atoms with E-state index < -0.39 is 29.8 Å². The van der Waals surface area contributed by atoms with E-state index in [1.807, 2.05) is 11.6 Å². The lowest BCUT2D eigenvalue weighted by Gasteiger charge is -2.29. The number of imide groups is 1. The van der Waals surface area contributed by atoms with Crippen LogP contribution in [0, 0.1) is 0 Å². The second-order valence-corrected chi connectivity index (χ2v) is 12.0. The number of aromatic nitrogens is 4. The average molecular weight is 602 g/mol. The van der Waals surface area contributed by atoms with Gasteiger partial charge in [0.05, 0.1) is 30.1 Å². The molecule has 2 aromatic carbocycles. The SMILES string of the molecule is Cn1cnc2c(-c3ccc(OC(F)(F)F)cc3)cc(CN(C(=O)OC(C)(C)C)C(=O)OC(C)(C)C)c(Cc3cn[nH]c3)c21. The van der Waals surface area contributed by atoms with Gasteiger partial charge in [-0.1, -0.05) is 12.1 Å². The highest BCUT2D eigenvalue weighted by Gasteiger charge is 2.33. The van der Waals surface area contributed by atoms with E-state index in [0.29, 0.717) is 34.1 Å². The van der Waals surface area contributed by atoms with Crippen molar-refractivity contribution in [3.05, 3.63) is 65.7 Å². The monoisotopic (exact) mass is 601 g/mol. The molecule has 0 aliphatic carbocycles. The van der Waals surface area contributed by atoms with Crippen molar-refractivity contribution >= 4 is 23.2 Å². The summed E-state index contributed by atoms with van der Waals surface area (Å²) < 4.78 is 55.3. The number of H-pyrrole nitrogens is 1. The average Bonchev–Trinajstić information content (AvgIpc) is 3.50. The predicted molar refractivity (Wildman–Crippen MR) is 152 cm³/mol. The molecule has 230 valence electrons. The first-order valence-electron chi connectivity index (χ1n) is 13.4. The third-order valence-corrected chi connectivity index (χ3v) is 6.08. The van der Waals surface area contributed by atoms with E-state index in [9.17, 15) is 22.8 Å². The number of aromatic amines is 1. The molecular weight excluding hydrogens is 567 g/mol. The number of aryl methyl sites for hydroxylation is 1. The van der Waals surface area contributed by atoms with Crippen LogP contribution in [0.2, 0.25) is 0 Å². The molecule has 0 bridgehead atoms. The molecule has 43 heavy (non-hydrogen) atoms. The predicted octanol–water partition coefficient (Wildman–Crippen LogP) is 7.13. The Morgan fingerprint density at radius 2 is 1.58 bits per heavy atom. The molecule has 2 aromatic heterocycles. The van der Waals surface area contributed by atoms with E-state index >= 15 is 0 Å². The molecule has 2 amide bonds. The van der Waals surface area contributed by atoms with Crippen molar-refractivity contribution in [3.63, 3.8) is 0 Å². The molecule has 4 rings (SSSR count). The van der Waals surface area contributed by atoms with Gasteiger partial charge in [0.25, 0.3) is 0 Å². The largest absolute Gasteiger partial charge is 0.573 e. The maximum absolute atomic E-state index is 13.4. The molecule has 10 nitrogen and oxygen atoms in total. The fraction of sp³-hybridized carbons (Fsp3) is 0.400. The van der Waals surface area contributed by atoms with Crippen LogP contribution in [0.3, 0.4) is 0 Å². The Morgan fingerprint density at radius 1 is 0.977 bits per heavy atom. The number of hydrogen-bond acceptors (Lipinski definition) is 7. The normalized spacial score (nSPS) is 12.3. The number of halogens is 3. The second-order valence-electron chi connectivity index (χ2n) is 12.0. The summed E-state index contributed by atoms with van der Waals surface area (Å²) in [5.74, 6) is -0.369. The van der Waals surface area contributed by atoms with Crippen LogP contribution in [0.5, 0.6) is 5.75 Å². The molecule has 0 radical (unpaired) electrons. The highest BCUT2D eigenvalue weighted by Crippen LogP contribution is 2.36. The standard InChI is InChI=1S/C30H34F3N5O5/c1-28(2,3)42-26(39)38(27(40)43-29(4,5)6)16-20-13-22(19-8-10-21(11-9-19)41-30(31,32)33)24-25(37(7)17-34-24)23(20)12-18-14-35-36-15-18/h8-11,13-15,17H,12,16H2,1-7H3,(H,35,36). The smallest absolute Gasteiger partial charge is 0.443 e. The molecule has 0 unspecified atom stereocenters. The van der Waals surface area contributed by atoms with Gasteiger partial charge in [0.15, 0.2) is 0 Å². The Labute approximate surface area is 246 Å². The Hall–Kier alpha value is -4.55. The Kier molecular flexibility index (Phi) is 8.48. The van der Waals surface area contributed by atoms with Crippen LogP contribution in [0.1, 0.15) is 58.2 Å². The van der Waals surface area contributed by atoms with Crippen LogP contribution < -0.4 is 4.74 Å². The first-order valence-corrected chi connectivity index (χ1v) is 13.4. The van der Waals surface area contributed by atoms with Crippen LogP contribution in [0.25, 0.3) is 22.2 Å². The van der Waals surface area contributed by atoms with E-state index in [1.54, 1.807) is 66.3 Å². The number of hydrogen-bond donors (Lipinski definition) is 1. The molecule has 0 atom stereocenters. The van der Waals surface area contributed by atoms with E-state index in [1.165, 1.54) is 24.3 Å². The number of nitrogens with one attached hydrogen (secondary N) is 1. The summed E-state index contributed by atoms with van der Waals surface area (Å²) in [5.41, 5.74) is 2.79. The van der Waals surface area contributed by atoms with E-state index in [2.05, 4.69) is 19.9 Å². The zero-order valence-corrected chi connectivity index (χ0v) is 25.0. The summed E-state index contributed by atoms with van der Waals surface area (Å²) in [4.78, 5) is 32.2. The number of fused-ring (bicyclic) bond motifs is 1. The van der Waals surface area contributed by atoms with Crippen molar-refractivity contribution in [2.45, 2.75) is 72.1 Å². The third-order valence-electron chi connectivity index (χ3n) is 6.08. The Morgan fingerprint density at radius 3 is 2.09 bits per heavy atom. The summed E-state index contributed by atoms with van der Waals surface area (Å²) in [6, 6.07) is 7.17. The van der Waals surface area contributed by atoms with Gasteiger partial charge in [0, 0.05) is 25.2 Å². The van der Waals surface area contributed by atoms with Gasteiger partial charge >= 0.3 is 18.5 Å². The summed E-state index contributed by atoms with van der Waals surface area (Å²) >= 11 is 0. The molecule has 0 fully saturated rings. The third kappa shape index (κ3) is 8.05. The van der Waals surface area contributed by atoms with E-state index in [4.69, 9.17) is 9.47 Å². The zero-order valence-electron chi connectivity index (χ0n) is 25.0. The quantitative estimate of drug-likeness (QED) is 0.250. The van der Waals surface area contributed by atoms with Gasteiger partial charge in [-0.25, -0.2) is 19.5 Å². The minimum Gasteiger partial charge on any atom is -0.443 e. The van der Waals surface area contributed by atoms with Gasteiger partial charge in [-0.15, -0.1) is 13.2 Å². The van der Waals surface area contributed by atoms with Gasteiger partial charge < -0.3 is 18.8 Å². The maximum Gasteiger partial charge on any atom is 0.573 e. The number of benzene rings is 2. The number of ether oxygens (including phenoxy) is 3. The van der Waals surface area contributed by atoms with Crippen LogP contribution in [-0.2, 0) is 29.5 Å². The van der Waals surface area contributed by atoms with Gasteiger partial charge in [-0.3, -0.25) is 5.10 Å². The zero-order chi connectivity index (χ0) is 31.7. The summed E-state index contributed by atoms with van der Waals surface area (Å²) in [6.07, 6.45) is -1.22. The number of carbonyl (C=O) groups is 2. The Balaban J connectivity index is 1.89. The maximum atomic E-state index is 13.4. The fourth-order valence-corrected chi connectivity index (χ4v) is 4.45. The van der Waals surface area contributed by atoms with Gasteiger partial charge in [-0.2, -0.15) is 5.10 Å². The molecule has 0 saturated carbocycles. The van der Waals surface area contributed by atoms with Gasteiger partial charge in [0.1, 0.15) is 17.0 Å². The van der Waals surface area contributed by atoms with Crippen LogP contribution in [0.15, 0.2) is 49.1 Å². The number of carbonyl (C=O) groups excluding carboxylic acids is 2. The van der Waals surface area contributed by atoms with Crippen molar-refractivity contribution in [2.24, 2.45) is 7.05 Å². The molecule has 2 heterocycles. The summed E-state index contributed by atoms with van der Waals surface area (Å²) in [6.45, 7) is 9.91. The van der Waals surface area contributed by atoms with E-state index in [0.717, 1.165) is 16.0 Å². The van der Waals surface area contributed by atoms with Crippen molar-refractivity contribution in [3.8, 4) is 16.9 Å². The van der Waals surface area contributed by atoms with E-state index in [-0.39, 0.29) is 12.3 Å². The lowest BCUT2D eigenvalue weighted by Crippen LogP contribution is -2.43. The van der Waals surface area contributed by atoms with Gasteiger partial charge in [0.2, 0.25) is 0 Å². The first-order chi connectivity index (χ1) is 19.9. The molecular formula is C30H34F3N5O5. The molecule has 1 N–H and O–H groups in total. The molecule has 13 heteroatoms. The van der Waals surface area contributed by atoms with Crippen molar-refractivity contribution < 1.29 is 37.0 Å². The lowest BCUT2D eigenvalue weighted by molar-refractivity contribution is -0.274. The number of imidazole rings is 1. The topological polar surface area (TPSA) is 112 Å². The summed E-state index contributed by atoms with van der Waals surface area (Å²) in [7, 11) is 1.81. The minimum atomic E-state index is -4.83. The number of rotatable bonds is 6. The molecule has 4 aromatic rings. The van der Waals surface area contributed by atoms with Crippen molar-refractivity contribution in [1.82, 2.24) is 24.6 Å². The second kappa shape index (κ2) is 11.6. The molecule has 0 spiro atoms. The van der Waals surface area contributed by atoms with Gasteiger partial charge in [-0.05, 0) is 82.0 Å². The van der Waals surface area contributed by atoms with Crippen molar-refractivity contribution in [1.29, 1.82) is 0 Å².